The second-order valence-corrected chi connectivity index (χ2v) is 3.87. The first-order chi connectivity index (χ1) is 8.74. The Hall–Kier alpha value is -2.00. The molecule has 2 nitrogen and oxygen atoms in total. The predicted octanol–water partition coefficient (Wildman–Crippen LogP) is 3.40. The molecular formula is C15H13FO2. The molecule has 2 aromatic rings. The van der Waals surface area contributed by atoms with Crippen LogP contribution in [0.2, 0.25) is 0 Å². The molecule has 0 N–H and O–H groups in total. The SMILES string of the molecule is COC(C(=O)c1ccccc1F)c1ccccc1. The number of benzene rings is 2. The molecule has 0 amide bonds. The van der Waals surface area contributed by atoms with Crippen molar-refractivity contribution in [3.63, 3.8) is 0 Å². The normalized spacial score (nSPS) is 12.1. The Morgan fingerprint density at radius 2 is 1.67 bits per heavy atom. The Morgan fingerprint density at radius 3 is 2.28 bits per heavy atom. The first-order valence-electron chi connectivity index (χ1n) is 5.60. The van der Waals surface area contributed by atoms with Crippen LogP contribution in [0.3, 0.4) is 0 Å². The molecule has 18 heavy (non-hydrogen) atoms. The molecule has 2 aromatic carbocycles. The summed E-state index contributed by atoms with van der Waals surface area (Å²) >= 11 is 0. The van der Waals surface area contributed by atoms with E-state index < -0.39 is 11.9 Å². The summed E-state index contributed by atoms with van der Waals surface area (Å²) in [6.07, 6.45) is -0.775. The zero-order valence-electron chi connectivity index (χ0n) is 9.97. The Labute approximate surface area is 105 Å². The lowest BCUT2D eigenvalue weighted by Crippen LogP contribution is -2.16. The smallest absolute Gasteiger partial charge is 0.199 e. The van der Waals surface area contributed by atoms with Crippen molar-refractivity contribution in [1.29, 1.82) is 0 Å². The van der Waals surface area contributed by atoms with Crippen LogP contribution in [0, 0.1) is 5.82 Å². The van der Waals surface area contributed by atoms with E-state index in [1.54, 1.807) is 24.3 Å². The van der Waals surface area contributed by atoms with E-state index in [1.165, 1.54) is 19.2 Å². The Balaban J connectivity index is 2.35. The third-order valence-electron chi connectivity index (χ3n) is 2.72. The second-order valence-electron chi connectivity index (χ2n) is 3.87. The van der Waals surface area contributed by atoms with Gasteiger partial charge in [-0.25, -0.2) is 4.39 Å². The Kier molecular flexibility index (Phi) is 3.85. The Bertz CT molecular complexity index is 537. The van der Waals surface area contributed by atoms with Gasteiger partial charge in [-0.3, -0.25) is 4.79 Å². The maximum atomic E-state index is 13.6. The number of carbonyl (C=O) groups excluding carboxylic acids is 1. The van der Waals surface area contributed by atoms with Gasteiger partial charge in [0.05, 0.1) is 5.56 Å². The molecule has 0 bridgehead atoms. The number of halogens is 1. The van der Waals surface area contributed by atoms with Crippen LogP contribution in [-0.2, 0) is 4.74 Å². The second kappa shape index (κ2) is 5.56. The number of hydrogen-bond donors (Lipinski definition) is 0. The molecule has 0 aliphatic carbocycles. The summed E-state index contributed by atoms with van der Waals surface area (Å²) in [4.78, 5) is 12.2. The molecule has 1 unspecified atom stereocenters. The van der Waals surface area contributed by atoms with E-state index in [2.05, 4.69) is 0 Å². The molecule has 0 saturated heterocycles. The van der Waals surface area contributed by atoms with Gasteiger partial charge >= 0.3 is 0 Å². The minimum absolute atomic E-state index is 0.0493. The van der Waals surface area contributed by atoms with Crippen LogP contribution < -0.4 is 0 Å². The highest BCUT2D eigenvalue weighted by molar-refractivity contribution is 6.00. The molecule has 0 aromatic heterocycles. The number of methoxy groups -OCH3 is 1. The molecule has 2 rings (SSSR count). The Morgan fingerprint density at radius 1 is 1.06 bits per heavy atom. The van der Waals surface area contributed by atoms with Gasteiger partial charge in [0.2, 0.25) is 0 Å². The van der Waals surface area contributed by atoms with E-state index in [0.29, 0.717) is 5.56 Å². The highest BCUT2D eigenvalue weighted by Gasteiger charge is 2.23. The third kappa shape index (κ3) is 2.46. The van der Waals surface area contributed by atoms with Crippen molar-refractivity contribution in [3.8, 4) is 0 Å². The summed E-state index contributed by atoms with van der Waals surface area (Å²) in [7, 11) is 1.44. The van der Waals surface area contributed by atoms with Crippen LogP contribution in [0.15, 0.2) is 54.6 Å². The van der Waals surface area contributed by atoms with Crippen LogP contribution in [0.1, 0.15) is 22.0 Å². The summed E-state index contributed by atoms with van der Waals surface area (Å²) in [5, 5.41) is 0. The lowest BCUT2D eigenvalue weighted by atomic mass is 9.99. The van der Waals surface area contributed by atoms with Gasteiger partial charge in [-0.05, 0) is 17.7 Å². The molecular weight excluding hydrogens is 231 g/mol. The summed E-state index contributed by atoms with van der Waals surface area (Å²) in [6, 6.07) is 15.0. The first-order valence-corrected chi connectivity index (χ1v) is 5.60. The van der Waals surface area contributed by atoms with Crippen molar-refractivity contribution in [1.82, 2.24) is 0 Å². The van der Waals surface area contributed by atoms with Gasteiger partial charge in [-0.2, -0.15) is 0 Å². The monoisotopic (exact) mass is 244 g/mol. The predicted molar refractivity (Wildman–Crippen MR) is 66.9 cm³/mol. The third-order valence-corrected chi connectivity index (χ3v) is 2.72. The van der Waals surface area contributed by atoms with E-state index >= 15 is 0 Å². The van der Waals surface area contributed by atoms with Crippen LogP contribution in [0.25, 0.3) is 0 Å². The van der Waals surface area contributed by atoms with Gasteiger partial charge in [0.1, 0.15) is 11.9 Å². The van der Waals surface area contributed by atoms with Gasteiger partial charge < -0.3 is 4.74 Å². The molecule has 92 valence electrons. The maximum absolute atomic E-state index is 13.6. The molecule has 3 heteroatoms. The topological polar surface area (TPSA) is 26.3 Å². The summed E-state index contributed by atoms with van der Waals surface area (Å²) in [5.74, 6) is -0.901. The largest absolute Gasteiger partial charge is 0.369 e. The average molecular weight is 244 g/mol. The molecule has 0 aliphatic rings. The lowest BCUT2D eigenvalue weighted by Gasteiger charge is -2.14. The number of rotatable bonds is 4. The van der Waals surface area contributed by atoms with Gasteiger partial charge in [0.25, 0.3) is 0 Å². The quantitative estimate of drug-likeness (QED) is 0.770. The van der Waals surface area contributed by atoms with E-state index in [9.17, 15) is 9.18 Å². The molecule has 1 atom stereocenters. The number of Topliss-reactive ketones (excluding diaryl/α,β-unsaturated/α-hetero) is 1. The van der Waals surface area contributed by atoms with Gasteiger partial charge in [-0.1, -0.05) is 42.5 Å². The number of ketones is 1. The average Bonchev–Trinajstić information content (AvgIpc) is 2.41. The van der Waals surface area contributed by atoms with Crippen LogP contribution >= 0.6 is 0 Å². The molecule has 0 fully saturated rings. The fraction of sp³-hybridized carbons (Fsp3) is 0.133. The lowest BCUT2D eigenvalue weighted by molar-refractivity contribution is 0.0600. The van der Waals surface area contributed by atoms with Crippen molar-refractivity contribution in [2.75, 3.05) is 7.11 Å². The van der Waals surface area contributed by atoms with Gasteiger partial charge in [0.15, 0.2) is 5.78 Å². The van der Waals surface area contributed by atoms with Crippen LogP contribution in [0.4, 0.5) is 4.39 Å². The fourth-order valence-corrected chi connectivity index (χ4v) is 1.82. The van der Waals surface area contributed by atoms with Gasteiger partial charge in [0, 0.05) is 7.11 Å². The van der Waals surface area contributed by atoms with Crippen LogP contribution in [0.5, 0.6) is 0 Å². The van der Waals surface area contributed by atoms with Crippen molar-refractivity contribution in [3.05, 3.63) is 71.5 Å². The molecule has 0 aliphatic heterocycles. The summed E-state index contributed by atoms with van der Waals surface area (Å²) in [6.45, 7) is 0. The zero-order valence-corrected chi connectivity index (χ0v) is 9.97. The van der Waals surface area contributed by atoms with E-state index in [0.717, 1.165) is 0 Å². The highest BCUT2D eigenvalue weighted by Crippen LogP contribution is 2.22. The molecule has 0 saturated carbocycles. The first kappa shape index (κ1) is 12.5. The van der Waals surface area contributed by atoms with Crippen molar-refractivity contribution in [2.45, 2.75) is 6.10 Å². The van der Waals surface area contributed by atoms with Gasteiger partial charge in [-0.15, -0.1) is 0 Å². The number of ether oxygens (including phenoxy) is 1. The van der Waals surface area contributed by atoms with E-state index in [-0.39, 0.29) is 11.3 Å². The van der Waals surface area contributed by atoms with E-state index in [1.807, 2.05) is 18.2 Å². The number of carbonyl (C=O) groups is 1. The summed E-state index contributed by atoms with van der Waals surface area (Å²) < 4.78 is 18.8. The molecule has 0 heterocycles. The fourth-order valence-electron chi connectivity index (χ4n) is 1.82. The van der Waals surface area contributed by atoms with Crippen molar-refractivity contribution < 1.29 is 13.9 Å². The molecule has 0 spiro atoms. The minimum atomic E-state index is -0.775. The number of hydrogen-bond acceptors (Lipinski definition) is 2. The zero-order chi connectivity index (χ0) is 13.0. The minimum Gasteiger partial charge on any atom is -0.369 e. The van der Waals surface area contributed by atoms with E-state index in [4.69, 9.17) is 4.74 Å². The highest BCUT2D eigenvalue weighted by atomic mass is 19.1. The maximum Gasteiger partial charge on any atom is 0.199 e. The van der Waals surface area contributed by atoms with Crippen molar-refractivity contribution in [2.24, 2.45) is 0 Å². The van der Waals surface area contributed by atoms with Crippen molar-refractivity contribution >= 4 is 5.78 Å². The molecule has 0 radical (unpaired) electrons. The standard InChI is InChI=1S/C15H13FO2/c1-18-15(11-7-3-2-4-8-11)14(17)12-9-5-6-10-13(12)16/h2-10,15H,1H3. The summed E-state index contributed by atoms with van der Waals surface area (Å²) in [5.41, 5.74) is 0.765. The van der Waals surface area contributed by atoms with Crippen LogP contribution in [-0.4, -0.2) is 12.9 Å².